The van der Waals surface area contributed by atoms with E-state index in [9.17, 15) is 13.2 Å². The number of carbonyl (C=O) groups excluding carboxylic acids is 1. The number of aromatic nitrogens is 2. The molecule has 6 nitrogen and oxygen atoms in total. The van der Waals surface area contributed by atoms with Crippen molar-refractivity contribution in [2.45, 2.75) is 42.8 Å². The van der Waals surface area contributed by atoms with E-state index < -0.39 is 10.0 Å². The molecule has 0 radical (unpaired) electrons. The summed E-state index contributed by atoms with van der Waals surface area (Å²) in [5.74, 6) is 0.329. The molecule has 1 aliphatic rings. The van der Waals surface area contributed by atoms with E-state index in [0.717, 1.165) is 29.9 Å². The average Bonchev–Trinajstić information content (AvgIpc) is 3.15. The van der Waals surface area contributed by atoms with Crippen molar-refractivity contribution < 1.29 is 13.2 Å². The zero-order valence-corrected chi connectivity index (χ0v) is 18.6. The Balaban J connectivity index is 1.60. The number of benzene rings is 2. The van der Waals surface area contributed by atoms with Gasteiger partial charge in [-0.05, 0) is 38.0 Å². The van der Waals surface area contributed by atoms with Crippen molar-refractivity contribution in [3.8, 4) is 0 Å². The van der Waals surface area contributed by atoms with Crippen molar-refractivity contribution in [1.29, 1.82) is 0 Å². The number of hydrogen-bond acceptors (Lipinski definition) is 5. The summed E-state index contributed by atoms with van der Waals surface area (Å²) < 4.78 is 29.6. The van der Waals surface area contributed by atoms with Gasteiger partial charge in [-0.25, -0.2) is 13.4 Å². The van der Waals surface area contributed by atoms with Crippen LogP contribution >= 0.6 is 11.8 Å². The molecule has 0 bridgehead atoms. The third-order valence-electron chi connectivity index (χ3n) is 5.38. The fraction of sp³-hybridized carbons (Fsp3) is 0.364. The van der Waals surface area contributed by atoms with Gasteiger partial charge in [0.2, 0.25) is 10.0 Å². The summed E-state index contributed by atoms with van der Waals surface area (Å²) >= 11 is 1.38. The number of hydrogen-bond donors (Lipinski definition) is 0. The Morgan fingerprint density at radius 1 is 1.07 bits per heavy atom. The first-order chi connectivity index (χ1) is 14.5. The van der Waals surface area contributed by atoms with Crippen LogP contribution in [-0.4, -0.2) is 46.9 Å². The Kier molecular flexibility index (Phi) is 6.26. The van der Waals surface area contributed by atoms with Crippen LogP contribution in [0.25, 0.3) is 11.0 Å². The molecular weight excluding hydrogens is 418 g/mol. The van der Waals surface area contributed by atoms with E-state index in [1.165, 1.54) is 11.8 Å². The van der Waals surface area contributed by atoms with Gasteiger partial charge in [-0.2, -0.15) is 4.31 Å². The van der Waals surface area contributed by atoms with Crippen LogP contribution < -0.4 is 0 Å². The molecule has 2 heterocycles. The third-order valence-corrected chi connectivity index (χ3v) is 8.25. The minimum absolute atomic E-state index is 0.0451. The molecule has 8 heteroatoms. The van der Waals surface area contributed by atoms with E-state index in [1.807, 2.05) is 47.9 Å². The Hall–Kier alpha value is -2.16. The van der Waals surface area contributed by atoms with Crippen molar-refractivity contribution in [2.75, 3.05) is 18.8 Å². The lowest BCUT2D eigenvalue weighted by molar-refractivity contribution is 0.102. The number of nitrogens with zero attached hydrogens (tertiary/aromatic N) is 3. The highest BCUT2D eigenvalue weighted by atomic mass is 32.2. The number of sulfonamides is 1. The van der Waals surface area contributed by atoms with Crippen molar-refractivity contribution in [3.63, 3.8) is 0 Å². The molecule has 0 atom stereocenters. The van der Waals surface area contributed by atoms with Crippen LogP contribution in [0.15, 0.2) is 58.6 Å². The third kappa shape index (κ3) is 4.17. The number of aryl methyl sites for hydroxylation is 1. The summed E-state index contributed by atoms with van der Waals surface area (Å²) in [5, 5.41) is 0.726. The second kappa shape index (κ2) is 8.91. The molecule has 1 aromatic heterocycles. The second-order valence-corrected chi connectivity index (χ2v) is 10.2. The predicted octanol–water partition coefficient (Wildman–Crippen LogP) is 4.21. The van der Waals surface area contributed by atoms with Crippen molar-refractivity contribution in [3.05, 3.63) is 54.1 Å². The normalized spacial score (nSPS) is 15.5. The molecule has 2 aromatic carbocycles. The van der Waals surface area contributed by atoms with Gasteiger partial charge in [0.05, 0.1) is 21.7 Å². The largest absolute Gasteiger partial charge is 0.319 e. The van der Waals surface area contributed by atoms with Crippen molar-refractivity contribution >= 4 is 38.6 Å². The highest BCUT2D eigenvalue weighted by Crippen LogP contribution is 2.28. The number of piperidine rings is 1. The molecule has 158 valence electrons. The highest BCUT2D eigenvalue weighted by molar-refractivity contribution is 7.99. The molecule has 0 N–H and O–H groups in total. The van der Waals surface area contributed by atoms with Crippen LogP contribution in [0.1, 0.15) is 36.5 Å². The Bertz CT molecular complexity index is 1150. The monoisotopic (exact) mass is 443 g/mol. The maximum atomic E-state index is 13.0. The number of ketones is 1. The zero-order chi connectivity index (χ0) is 21.1. The summed E-state index contributed by atoms with van der Waals surface area (Å²) in [5.41, 5.74) is 2.20. The summed E-state index contributed by atoms with van der Waals surface area (Å²) in [4.78, 5) is 17.4. The number of thioether (sulfide) groups is 1. The topological polar surface area (TPSA) is 72.3 Å². The molecule has 0 spiro atoms. The van der Waals surface area contributed by atoms with Crippen LogP contribution in [0.2, 0.25) is 0 Å². The Labute approximate surface area is 181 Å². The number of imidazole rings is 1. The van der Waals surface area contributed by atoms with Gasteiger partial charge in [0.1, 0.15) is 0 Å². The molecule has 0 aliphatic carbocycles. The van der Waals surface area contributed by atoms with Gasteiger partial charge in [0, 0.05) is 25.2 Å². The lowest BCUT2D eigenvalue weighted by Gasteiger charge is -2.25. The zero-order valence-electron chi connectivity index (χ0n) is 17.0. The molecule has 30 heavy (non-hydrogen) atoms. The first-order valence-electron chi connectivity index (χ1n) is 10.2. The SMILES string of the molecule is CCn1c(SCC(=O)c2ccccc2)nc2cc(S(=O)(=O)N3CCCCC3)ccc21. The number of fused-ring (bicyclic) bond motifs is 1. The predicted molar refractivity (Wildman–Crippen MR) is 120 cm³/mol. The molecule has 1 fully saturated rings. The van der Waals surface area contributed by atoms with E-state index in [0.29, 0.717) is 30.7 Å². The van der Waals surface area contributed by atoms with Gasteiger partial charge in [-0.15, -0.1) is 0 Å². The van der Waals surface area contributed by atoms with E-state index in [1.54, 1.807) is 16.4 Å². The molecule has 1 saturated heterocycles. The van der Waals surface area contributed by atoms with E-state index in [4.69, 9.17) is 0 Å². The molecular formula is C22H25N3O3S2. The van der Waals surface area contributed by atoms with Gasteiger partial charge in [0.25, 0.3) is 0 Å². The van der Waals surface area contributed by atoms with Crippen molar-refractivity contribution in [2.24, 2.45) is 0 Å². The van der Waals surface area contributed by atoms with Crippen LogP contribution in [0, 0.1) is 0 Å². The number of rotatable bonds is 7. The molecule has 1 aliphatic heterocycles. The maximum Gasteiger partial charge on any atom is 0.243 e. The minimum atomic E-state index is -3.50. The fourth-order valence-corrected chi connectivity index (χ4v) is 6.27. The lowest BCUT2D eigenvalue weighted by atomic mass is 10.2. The van der Waals surface area contributed by atoms with Gasteiger partial charge < -0.3 is 4.57 Å². The van der Waals surface area contributed by atoms with Crippen LogP contribution in [0.5, 0.6) is 0 Å². The van der Waals surface area contributed by atoms with Crippen LogP contribution in [-0.2, 0) is 16.6 Å². The molecule has 4 rings (SSSR count). The minimum Gasteiger partial charge on any atom is -0.319 e. The fourth-order valence-electron chi connectivity index (χ4n) is 3.76. The Morgan fingerprint density at radius 3 is 2.50 bits per heavy atom. The van der Waals surface area contributed by atoms with Gasteiger partial charge in [-0.1, -0.05) is 48.5 Å². The number of carbonyl (C=O) groups is 1. The second-order valence-electron chi connectivity index (χ2n) is 7.33. The molecule has 3 aromatic rings. The van der Waals surface area contributed by atoms with E-state index in [2.05, 4.69) is 4.98 Å². The van der Waals surface area contributed by atoms with Gasteiger partial charge >= 0.3 is 0 Å². The summed E-state index contributed by atoms with van der Waals surface area (Å²) in [7, 11) is -3.50. The van der Waals surface area contributed by atoms with E-state index in [-0.39, 0.29) is 16.4 Å². The van der Waals surface area contributed by atoms with E-state index >= 15 is 0 Å². The quantitative estimate of drug-likeness (QED) is 0.404. The highest BCUT2D eigenvalue weighted by Gasteiger charge is 2.26. The summed E-state index contributed by atoms with van der Waals surface area (Å²) in [6.45, 7) is 3.86. The summed E-state index contributed by atoms with van der Waals surface area (Å²) in [6.07, 6.45) is 2.89. The Morgan fingerprint density at radius 2 is 1.80 bits per heavy atom. The number of Topliss-reactive ketones (excluding diaryl/α,β-unsaturated/α-hetero) is 1. The summed E-state index contributed by atoms with van der Waals surface area (Å²) in [6, 6.07) is 14.4. The maximum absolute atomic E-state index is 13.0. The first kappa shape index (κ1) is 21.1. The smallest absolute Gasteiger partial charge is 0.243 e. The lowest BCUT2D eigenvalue weighted by Crippen LogP contribution is -2.35. The molecule has 0 amide bonds. The van der Waals surface area contributed by atoms with Crippen LogP contribution in [0.4, 0.5) is 0 Å². The van der Waals surface area contributed by atoms with Gasteiger partial charge in [0.15, 0.2) is 10.9 Å². The molecule has 0 unspecified atom stereocenters. The standard InChI is InChI=1S/C22H25N3O3S2/c1-2-25-20-12-11-18(30(27,28)24-13-7-4-8-14-24)15-19(20)23-22(25)29-16-21(26)17-9-5-3-6-10-17/h3,5-6,9-12,15H,2,4,7-8,13-14,16H2,1H3. The first-order valence-corrected chi connectivity index (χ1v) is 12.6. The van der Waals surface area contributed by atoms with Crippen LogP contribution in [0.3, 0.4) is 0 Å². The average molecular weight is 444 g/mol. The van der Waals surface area contributed by atoms with Crippen molar-refractivity contribution in [1.82, 2.24) is 13.9 Å². The molecule has 0 saturated carbocycles. The van der Waals surface area contributed by atoms with Gasteiger partial charge in [-0.3, -0.25) is 4.79 Å².